The molecule has 0 saturated heterocycles. The lowest BCUT2D eigenvalue weighted by atomic mass is 10.1. The van der Waals surface area contributed by atoms with E-state index in [1.165, 1.54) is 0 Å². The van der Waals surface area contributed by atoms with Crippen molar-refractivity contribution in [2.24, 2.45) is 0 Å². The number of urea groups is 1. The first-order chi connectivity index (χ1) is 10.8. The Morgan fingerprint density at radius 3 is 2.52 bits per heavy atom. The molecule has 7 heteroatoms. The number of fused-ring (bicyclic) bond motifs is 1. The van der Waals surface area contributed by atoms with Gasteiger partial charge in [0, 0.05) is 20.5 Å². The number of thiophene rings is 1. The zero-order chi connectivity index (χ0) is 17.0. The maximum atomic E-state index is 11.8. The van der Waals surface area contributed by atoms with Crippen LogP contribution in [0.4, 0.5) is 4.79 Å². The number of carbonyl (C=O) groups is 2. The monoisotopic (exact) mass is 353 g/mol. The van der Waals surface area contributed by atoms with Crippen LogP contribution in [0.2, 0.25) is 5.02 Å². The summed E-state index contributed by atoms with van der Waals surface area (Å²) in [5.74, 6) is -0.229. The maximum absolute atomic E-state index is 11.8. The van der Waals surface area contributed by atoms with Gasteiger partial charge in [0.1, 0.15) is 0 Å². The molecule has 2 aromatic rings. The summed E-state index contributed by atoms with van der Waals surface area (Å²) in [4.78, 5) is 24.3. The van der Waals surface area contributed by atoms with E-state index in [0.29, 0.717) is 11.6 Å². The number of benzene rings is 1. The fraction of sp³-hybridized carbons (Fsp3) is 0.375. The predicted molar refractivity (Wildman–Crippen MR) is 95.0 cm³/mol. The molecule has 3 N–H and O–H groups in total. The van der Waals surface area contributed by atoms with Crippen LogP contribution in [-0.2, 0) is 11.3 Å². The number of carbonyl (C=O) groups excluding carboxylic acids is 2. The van der Waals surface area contributed by atoms with Gasteiger partial charge in [0.05, 0.1) is 18.1 Å². The number of hydrogen-bond acceptors (Lipinski definition) is 3. The summed E-state index contributed by atoms with van der Waals surface area (Å²) in [7, 11) is 0. The normalized spacial score (nSPS) is 11.3. The first-order valence-corrected chi connectivity index (χ1v) is 8.44. The minimum atomic E-state index is -0.400. The Labute approximate surface area is 144 Å². The van der Waals surface area contributed by atoms with Crippen molar-refractivity contribution in [3.63, 3.8) is 0 Å². The Hall–Kier alpha value is -1.79. The van der Waals surface area contributed by atoms with Crippen molar-refractivity contribution >= 4 is 45.0 Å². The summed E-state index contributed by atoms with van der Waals surface area (Å²) in [5.41, 5.74) is -0.320. The quantitative estimate of drug-likeness (QED) is 0.789. The lowest BCUT2D eigenvalue weighted by Crippen LogP contribution is -2.47. The molecule has 124 valence electrons. The fourth-order valence-electron chi connectivity index (χ4n) is 2.02. The standard InChI is InChI=1S/C16H20ClN3O2S/c1-16(2,3)20-13(21)9-19-15(22)18-8-12-14(17)10-6-4-5-7-11(10)23-12/h4-7H,8-9H2,1-3H3,(H,20,21)(H2,18,19,22). The highest BCUT2D eigenvalue weighted by atomic mass is 35.5. The summed E-state index contributed by atoms with van der Waals surface area (Å²) >= 11 is 7.86. The summed E-state index contributed by atoms with van der Waals surface area (Å²) < 4.78 is 1.08. The second kappa shape index (κ2) is 7.19. The van der Waals surface area contributed by atoms with E-state index in [1.54, 1.807) is 11.3 Å². The third kappa shape index (κ3) is 5.11. The molecule has 0 spiro atoms. The zero-order valence-corrected chi connectivity index (χ0v) is 14.9. The van der Waals surface area contributed by atoms with Crippen LogP contribution >= 0.6 is 22.9 Å². The van der Waals surface area contributed by atoms with Gasteiger partial charge in [-0.1, -0.05) is 29.8 Å². The molecule has 1 aromatic carbocycles. The van der Waals surface area contributed by atoms with Gasteiger partial charge in [-0.25, -0.2) is 4.79 Å². The summed E-state index contributed by atoms with van der Waals surface area (Å²) in [6.45, 7) is 5.91. The fourth-order valence-corrected chi connectivity index (χ4v) is 3.46. The van der Waals surface area contributed by atoms with Gasteiger partial charge in [-0.3, -0.25) is 4.79 Å². The molecule has 3 amide bonds. The number of halogens is 1. The zero-order valence-electron chi connectivity index (χ0n) is 13.3. The molecule has 1 aromatic heterocycles. The Morgan fingerprint density at radius 2 is 1.87 bits per heavy atom. The highest BCUT2D eigenvalue weighted by Gasteiger charge is 2.15. The third-order valence-electron chi connectivity index (χ3n) is 2.93. The first-order valence-electron chi connectivity index (χ1n) is 7.25. The Bertz CT molecular complexity index is 722. The minimum Gasteiger partial charge on any atom is -0.350 e. The van der Waals surface area contributed by atoms with E-state index in [0.717, 1.165) is 15.0 Å². The van der Waals surface area contributed by atoms with Crippen LogP contribution < -0.4 is 16.0 Å². The lowest BCUT2D eigenvalue weighted by Gasteiger charge is -2.20. The van der Waals surface area contributed by atoms with Crippen molar-refractivity contribution in [3.8, 4) is 0 Å². The molecular weight excluding hydrogens is 334 g/mol. The molecule has 1 heterocycles. The Morgan fingerprint density at radius 1 is 1.17 bits per heavy atom. The second-order valence-electron chi connectivity index (χ2n) is 6.17. The van der Waals surface area contributed by atoms with Crippen LogP contribution in [0.5, 0.6) is 0 Å². The van der Waals surface area contributed by atoms with Crippen molar-refractivity contribution < 1.29 is 9.59 Å². The topological polar surface area (TPSA) is 70.2 Å². The van der Waals surface area contributed by atoms with E-state index in [2.05, 4.69) is 16.0 Å². The van der Waals surface area contributed by atoms with Crippen LogP contribution in [0.25, 0.3) is 10.1 Å². The Kier molecular flexibility index (Phi) is 5.49. The molecule has 0 saturated carbocycles. The van der Waals surface area contributed by atoms with Gasteiger partial charge in [0.15, 0.2) is 0 Å². The van der Waals surface area contributed by atoms with Gasteiger partial charge in [0.25, 0.3) is 0 Å². The molecule has 23 heavy (non-hydrogen) atoms. The number of amides is 3. The molecule has 0 atom stereocenters. The molecule has 2 rings (SSSR count). The molecule has 0 unspecified atom stereocenters. The second-order valence-corrected chi connectivity index (χ2v) is 7.68. The first kappa shape index (κ1) is 17.6. The minimum absolute atomic E-state index is 0.0662. The smallest absolute Gasteiger partial charge is 0.315 e. The number of nitrogens with one attached hydrogen (secondary N) is 3. The largest absolute Gasteiger partial charge is 0.350 e. The van der Waals surface area contributed by atoms with Crippen molar-refractivity contribution in [2.45, 2.75) is 32.9 Å². The molecular formula is C16H20ClN3O2S. The van der Waals surface area contributed by atoms with Crippen molar-refractivity contribution in [1.82, 2.24) is 16.0 Å². The average Bonchev–Trinajstić information content (AvgIpc) is 2.78. The molecule has 0 aliphatic rings. The number of rotatable bonds is 4. The molecule has 5 nitrogen and oxygen atoms in total. The molecule has 0 aliphatic heterocycles. The van der Waals surface area contributed by atoms with E-state index in [1.807, 2.05) is 45.0 Å². The maximum Gasteiger partial charge on any atom is 0.315 e. The van der Waals surface area contributed by atoms with Gasteiger partial charge in [0.2, 0.25) is 5.91 Å². The van der Waals surface area contributed by atoms with Crippen LogP contribution in [0, 0.1) is 0 Å². The van der Waals surface area contributed by atoms with Crippen LogP contribution in [0.15, 0.2) is 24.3 Å². The van der Waals surface area contributed by atoms with Crippen LogP contribution in [-0.4, -0.2) is 24.0 Å². The molecule has 0 fully saturated rings. The van der Waals surface area contributed by atoms with Crippen molar-refractivity contribution in [3.05, 3.63) is 34.2 Å². The van der Waals surface area contributed by atoms with E-state index in [-0.39, 0.29) is 18.0 Å². The molecule has 0 aliphatic carbocycles. The van der Waals surface area contributed by atoms with Gasteiger partial charge < -0.3 is 16.0 Å². The van der Waals surface area contributed by atoms with E-state index >= 15 is 0 Å². The van der Waals surface area contributed by atoms with E-state index in [4.69, 9.17) is 11.6 Å². The van der Waals surface area contributed by atoms with Crippen LogP contribution in [0.3, 0.4) is 0 Å². The Balaban J connectivity index is 1.84. The highest BCUT2D eigenvalue weighted by Crippen LogP contribution is 2.34. The third-order valence-corrected chi connectivity index (χ3v) is 4.65. The summed E-state index contributed by atoms with van der Waals surface area (Å²) in [6.07, 6.45) is 0. The number of hydrogen-bond donors (Lipinski definition) is 3. The van der Waals surface area contributed by atoms with Gasteiger partial charge >= 0.3 is 6.03 Å². The highest BCUT2D eigenvalue weighted by molar-refractivity contribution is 7.19. The SMILES string of the molecule is CC(C)(C)NC(=O)CNC(=O)NCc1sc2ccccc2c1Cl. The van der Waals surface area contributed by atoms with E-state index in [9.17, 15) is 9.59 Å². The van der Waals surface area contributed by atoms with Gasteiger partial charge in [-0.2, -0.15) is 0 Å². The molecule has 0 radical (unpaired) electrons. The van der Waals surface area contributed by atoms with Crippen molar-refractivity contribution in [1.29, 1.82) is 0 Å². The van der Waals surface area contributed by atoms with E-state index < -0.39 is 6.03 Å². The van der Waals surface area contributed by atoms with Crippen LogP contribution in [0.1, 0.15) is 25.6 Å². The average molecular weight is 354 g/mol. The molecule has 0 bridgehead atoms. The predicted octanol–water partition coefficient (Wildman–Crippen LogP) is 3.27. The van der Waals surface area contributed by atoms with Gasteiger partial charge in [-0.05, 0) is 26.8 Å². The summed E-state index contributed by atoms with van der Waals surface area (Å²) in [5, 5.41) is 9.67. The van der Waals surface area contributed by atoms with Crippen molar-refractivity contribution in [2.75, 3.05) is 6.54 Å². The summed E-state index contributed by atoms with van der Waals surface area (Å²) in [6, 6.07) is 7.43. The van der Waals surface area contributed by atoms with Gasteiger partial charge in [-0.15, -0.1) is 11.3 Å². The lowest BCUT2D eigenvalue weighted by molar-refractivity contribution is -0.121.